The van der Waals surface area contributed by atoms with Gasteiger partial charge in [0, 0.05) is 19.6 Å². The first-order chi connectivity index (χ1) is 23.9. The van der Waals surface area contributed by atoms with Gasteiger partial charge in [-0.3, -0.25) is 13.8 Å². The molecule has 0 heterocycles. The molecule has 2 atom stereocenters. The third-order valence-electron chi connectivity index (χ3n) is 7.65. The predicted octanol–water partition coefficient (Wildman–Crippen LogP) is 11.0. The van der Waals surface area contributed by atoms with E-state index in [4.69, 9.17) is 24.3 Å². The number of hydrogen-bond acceptors (Lipinski definition) is 7. The van der Waals surface area contributed by atoms with Crippen molar-refractivity contribution < 1.29 is 32.8 Å². The summed E-state index contributed by atoms with van der Waals surface area (Å²) in [5.74, 6) is -0.350. The van der Waals surface area contributed by atoms with Crippen LogP contribution in [0.4, 0.5) is 0 Å². The molecule has 0 radical (unpaired) electrons. The van der Waals surface area contributed by atoms with Gasteiger partial charge in [0.2, 0.25) is 0 Å². The second kappa shape index (κ2) is 37.5. The number of carbonyl (C=O) groups excluding carboxylic acids is 1. The van der Waals surface area contributed by atoms with Crippen LogP contribution in [0.3, 0.4) is 0 Å². The van der Waals surface area contributed by atoms with Crippen LogP contribution in [0.1, 0.15) is 149 Å². The zero-order valence-electron chi connectivity index (χ0n) is 31.2. The summed E-state index contributed by atoms with van der Waals surface area (Å²) < 4.78 is 33.3. The third-order valence-corrected chi connectivity index (χ3v) is 8.63. The van der Waals surface area contributed by atoms with E-state index in [2.05, 4.69) is 74.6 Å². The number of rotatable bonds is 36. The molecule has 0 aliphatic heterocycles. The van der Waals surface area contributed by atoms with Crippen molar-refractivity contribution in [1.29, 1.82) is 0 Å². The number of esters is 1. The molecule has 3 N–H and O–H groups in total. The van der Waals surface area contributed by atoms with Gasteiger partial charge in [0.1, 0.15) is 6.10 Å². The first-order valence-electron chi connectivity index (χ1n) is 19.3. The Bertz CT molecular complexity index is 932. The smallest absolute Gasteiger partial charge is 0.457 e. The molecule has 2 unspecified atom stereocenters. The highest BCUT2D eigenvalue weighted by atomic mass is 31.2. The van der Waals surface area contributed by atoms with Crippen molar-refractivity contribution in [3.8, 4) is 0 Å². The Morgan fingerprint density at radius 3 is 1.73 bits per heavy atom. The minimum Gasteiger partial charge on any atom is -0.457 e. The highest BCUT2D eigenvalue weighted by molar-refractivity contribution is 7.47. The van der Waals surface area contributed by atoms with Gasteiger partial charge in [-0.2, -0.15) is 0 Å². The minimum absolute atomic E-state index is 0.0940. The van der Waals surface area contributed by atoms with E-state index < -0.39 is 13.9 Å². The van der Waals surface area contributed by atoms with Crippen molar-refractivity contribution >= 4 is 13.8 Å². The molecule has 0 saturated carbocycles. The van der Waals surface area contributed by atoms with Crippen LogP contribution < -0.4 is 5.73 Å². The summed E-state index contributed by atoms with van der Waals surface area (Å²) in [5, 5.41) is 0. The summed E-state index contributed by atoms with van der Waals surface area (Å²) in [5.41, 5.74) is 5.35. The number of ether oxygens (including phenoxy) is 2. The van der Waals surface area contributed by atoms with Gasteiger partial charge < -0.3 is 20.1 Å². The molecule has 8 nitrogen and oxygen atoms in total. The Labute approximate surface area is 300 Å². The fraction of sp³-hybridized carbons (Fsp3) is 0.725. The van der Waals surface area contributed by atoms with E-state index in [1.165, 1.54) is 51.4 Å². The van der Waals surface area contributed by atoms with E-state index in [1.807, 2.05) is 0 Å². The largest absolute Gasteiger partial charge is 0.472 e. The average molecular weight is 710 g/mol. The Hall–Kier alpha value is -1.80. The predicted molar refractivity (Wildman–Crippen MR) is 205 cm³/mol. The lowest BCUT2D eigenvalue weighted by atomic mass is 10.1. The van der Waals surface area contributed by atoms with Crippen LogP contribution in [0.25, 0.3) is 0 Å². The van der Waals surface area contributed by atoms with E-state index in [-0.39, 0.29) is 32.3 Å². The van der Waals surface area contributed by atoms with Crippen molar-refractivity contribution in [2.75, 3.05) is 33.0 Å². The van der Waals surface area contributed by atoms with Gasteiger partial charge in [0.15, 0.2) is 0 Å². The van der Waals surface area contributed by atoms with Crippen molar-refractivity contribution in [3.05, 3.63) is 60.8 Å². The first kappa shape index (κ1) is 47.2. The fourth-order valence-electron chi connectivity index (χ4n) is 4.87. The summed E-state index contributed by atoms with van der Waals surface area (Å²) in [6.07, 6.45) is 43.7. The van der Waals surface area contributed by atoms with Gasteiger partial charge in [-0.25, -0.2) is 4.57 Å². The molecule has 0 fully saturated rings. The highest BCUT2D eigenvalue weighted by Crippen LogP contribution is 2.43. The fourth-order valence-corrected chi connectivity index (χ4v) is 5.64. The summed E-state index contributed by atoms with van der Waals surface area (Å²) in [4.78, 5) is 22.4. The maximum Gasteiger partial charge on any atom is 0.472 e. The Balaban J connectivity index is 4.11. The number of phosphoric acid groups is 1. The van der Waals surface area contributed by atoms with Gasteiger partial charge in [-0.05, 0) is 70.6 Å². The van der Waals surface area contributed by atoms with E-state index in [9.17, 15) is 14.3 Å². The van der Waals surface area contributed by atoms with Gasteiger partial charge >= 0.3 is 13.8 Å². The summed E-state index contributed by atoms with van der Waals surface area (Å²) in [6.45, 7) is 4.70. The molecule has 0 aromatic heterocycles. The summed E-state index contributed by atoms with van der Waals surface area (Å²) in [7, 11) is -4.28. The monoisotopic (exact) mass is 710 g/mol. The number of unbranched alkanes of at least 4 members (excludes halogenated alkanes) is 13. The van der Waals surface area contributed by atoms with Crippen LogP contribution in [0, 0.1) is 0 Å². The van der Waals surface area contributed by atoms with Gasteiger partial charge in [-0.15, -0.1) is 0 Å². The first-order valence-corrected chi connectivity index (χ1v) is 20.8. The van der Waals surface area contributed by atoms with Crippen LogP contribution in [-0.2, 0) is 27.9 Å². The van der Waals surface area contributed by atoms with E-state index in [0.29, 0.717) is 13.0 Å². The quantitative estimate of drug-likeness (QED) is 0.0286. The molecule has 0 rings (SSSR count). The summed E-state index contributed by atoms with van der Waals surface area (Å²) >= 11 is 0. The van der Waals surface area contributed by atoms with Crippen LogP contribution >= 0.6 is 7.82 Å². The topological polar surface area (TPSA) is 117 Å². The van der Waals surface area contributed by atoms with Gasteiger partial charge in [-0.1, -0.05) is 132 Å². The lowest BCUT2D eigenvalue weighted by molar-refractivity contribution is -0.154. The third kappa shape index (κ3) is 37.3. The minimum atomic E-state index is -4.28. The Morgan fingerprint density at radius 1 is 0.633 bits per heavy atom. The van der Waals surface area contributed by atoms with Crippen LogP contribution in [0.5, 0.6) is 0 Å². The number of phosphoric ester groups is 1. The number of carbonyl (C=O) groups is 1. The molecule has 284 valence electrons. The maximum absolute atomic E-state index is 12.5. The van der Waals surface area contributed by atoms with Gasteiger partial charge in [0.05, 0.1) is 19.8 Å². The second-order valence-electron chi connectivity index (χ2n) is 12.4. The standard InChI is InChI=1S/C40H72NO7P/c1-3-5-7-9-11-13-15-16-17-18-19-20-21-22-23-25-27-29-31-33-40(42)48-39(38-47-49(43,44)46-36-34-41)37-45-35-32-30-28-26-24-14-12-10-8-6-4-2/h5,7-8,10-11,13,16-17,19-20,39H,3-4,6,9,12,14-15,18,21-38,41H2,1-2H3,(H,43,44)/b7-5-,10-8-,13-11-,17-16-,20-19-. The Kier molecular flexibility index (Phi) is 36.1. The molecule has 0 aliphatic carbocycles. The molecule has 9 heteroatoms. The van der Waals surface area contributed by atoms with Crippen molar-refractivity contribution in [3.63, 3.8) is 0 Å². The normalized spacial score (nSPS) is 14.3. The van der Waals surface area contributed by atoms with Crippen molar-refractivity contribution in [1.82, 2.24) is 0 Å². The molecule has 0 aromatic rings. The molecule has 49 heavy (non-hydrogen) atoms. The lowest BCUT2D eigenvalue weighted by Crippen LogP contribution is -2.28. The highest BCUT2D eigenvalue weighted by Gasteiger charge is 2.25. The molecular formula is C40H72NO7P. The van der Waals surface area contributed by atoms with Crippen LogP contribution in [0.2, 0.25) is 0 Å². The van der Waals surface area contributed by atoms with Crippen molar-refractivity contribution in [2.45, 2.75) is 155 Å². The number of nitrogens with two attached hydrogens (primary N) is 1. The van der Waals surface area contributed by atoms with E-state index >= 15 is 0 Å². The molecule has 0 aliphatic rings. The number of allylic oxidation sites excluding steroid dienone is 10. The van der Waals surface area contributed by atoms with Gasteiger partial charge in [0.25, 0.3) is 0 Å². The second-order valence-corrected chi connectivity index (χ2v) is 13.9. The average Bonchev–Trinajstić information content (AvgIpc) is 3.09. The molecule has 0 spiro atoms. The summed E-state index contributed by atoms with van der Waals surface area (Å²) in [6, 6.07) is 0. The molecular weight excluding hydrogens is 637 g/mol. The van der Waals surface area contributed by atoms with Crippen LogP contribution in [-0.4, -0.2) is 49.9 Å². The van der Waals surface area contributed by atoms with E-state index in [1.54, 1.807) is 0 Å². The molecule has 0 saturated heterocycles. The lowest BCUT2D eigenvalue weighted by Gasteiger charge is -2.20. The van der Waals surface area contributed by atoms with E-state index in [0.717, 1.165) is 77.0 Å². The molecule has 0 amide bonds. The van der Waals surface area contributed by atoms with Crippen LogP contribution in [0.15, 0.2) is 60.8 Å². The molecule has 0 bridgehead atoms. The SMILES string of the molecule is CC/C=C\C/C=C\C/C=C\C/C=C\CCCCCCCCC(=O)OC(COCCCCCCCC/C=C\CCC)COP(=O)(O)OCCN. The number of hydrogen-bond donors (Lipinski definition) is 2. The molecule has 0 aromatic carbocycles. The van der Waals surface area contributed by atoms with Crippen molar-refractivity contribution in [2.24, 2.45) is 5.73 Å². The zero-order chi connectivity index (χ0) is 35.9. The Morgan fingerprint density at radius 2 is 1.14 bits per heavy atom. The zero-order valence-corrected chi connectivity index (χ0v) is 32.1. The maximum atomic E-state index is 12.5.